The van der Waals surface area contributed by atoms with Crippen LogP contribution in [0.4, 0.5) is 5.69 Å². The summed E-state index contributed by atoms with van der Waals surface area (Å²) >= 11 is 0. The van der Waals surface area contributed by atoms with Crippen LogP contribution >= 0.6 is 24.8 Å². The predicted molar refractivity (Wildman–Crippen MR) is 93.8 cm³/mol. The van der Waals surface area contributed by atoms with Crippen LogP contribution in [0.3, 0.4) is 0 Å². The van der Waals surface area contributed by atoms with Crippen LogP contribution in [-0.2, 0) is 6.54 Å². The first-order valence-electron chi connectivity index (χ1n) is 6.37. The summed E-state index contributed by atoms with van der Waals surface area (Å²) in [4.78, 5) is 17.8. The maximum atomic E-state index is 11.7. The lowest BCUT2D eigenvalue weighted by molar-refractivity contribution is 0.0927. The molecule has 0 aliphatic carbocycles. The predicted octanol–water partition coefficient (Wildman–Crippen LogP) is 2.43. The third-order valence-electron chi connectivity index (χ3n) is 2.84. The minimum atomic E-state index is -0.240. The second kappa shape index (κ2) is 10.00. The van der Waals surface area contributed by atoms with Crippen LogP contribution in [0, 0.1) is 0 Å². The van der Waals surface area contributed by atoms with E-state index in [4.69, 9.17) is 0 Å². The van der Waals surface area contributed by atoms with Crippen molar-refractivity contribution in [2.24, 2.45) is 0 Å². The van der Waals surface area contributed by atoms with Gasteiger partial charge in [0, 0.05) is 32.5 Å². The second-order valence-electron chi connectivity index (χ2n) is 4.58. The fraction of sp³-hybridized carbons (Fsp3) is 0.200. The molecule has 1 heterocycles. The molecule has 2 rings (SSSR count). The van der Waals surface area contributed by atoms with Crippen LogP contribution in [0.1, 0.15) is 16.1 Å². The fourth-order valence-electron chi connectivity index (χ4n) is 1.70. The van der Waals surface area contributed by atoms with Crippen molar-refractivity contribution in [3.8, 4) is 0 Å². The van der Waals surface area contributed by atoms with Crippen molar-refractivity contribution in [3.63, 3.8) is 0 Å². The number of carbonyl (C=O) groups is 1. The van der Waals surface area contributed by atoms with Crippen molar-refractivity contribution >= 4 is 36.4 Å². The Kier molecular flexibility index (Phi) is 9.17. The van der Waals surface area contributed by atoms with Crippen molar-refractivity contribution in [1.29, 1.82) is 0 Å². The lowest BCUT2D eigenvalue weighted by Gasteiger charge is -2.13. The lowest BCUT2D eigenvalue weighted by atomic mass is 10.2. The molecule has 0 bridgehead atoms. The maximum Gasteiger partial charge on any atom is 0.283 e. The zero-order valence-electron chi connectivity index (χ0n) is 12.4. The number of amides is 1. The van der Waals surface area contributed by atoms with E-state index in [1.54, 1.807) is 24.4 Å². The Labute approximate surface area is 142 Å². The molecule has 0 aliphatic heterocycles. The van der Waals surface area contributed by atoms with E-state index in [-0.39, 0.29) is 30.7 Å². The van der Waals surface area contributed by atoms with Gasteiger partial charge in [0.05, 0.1) is 0 Å². The number of nitrogens with one attached hydrogen (secondary N) is 2. The number of halogens is 2. The molecule has 0 unspecified atom stereocenters. The quantitative estimate of drug-likeness (QED) is 0.819. The Hall–Kier alpha value is -1.82. The molecule has 22 heavy (non-hydrogen) atoms. The third-order valence-corrected chi connectivity index (χ3v) is 2.84. The molecule has 0 aliphatic rings. The van der Waals surface area contributed by atoms with E-state index in [2.05, 4.69) is 15.8 Å². The third kappa shape index (κ3) is 5.89. The van der Waals surface area contributed by atoms with Gasteiger partial charge in [-0.05, 0) is 29.8 Å². The van der Waals surface area contributed by atoms with E-state index in [1.807, 2.05) is 43.3 Å². The zero-order valence-corrected chi connectivity index (χ0v) is 14.1. The number of hydrogen-bond donors (Lipinski definition) is 2. The van der Waals surface area contributed by atoms with Gasteiger partial charge in [-0.1, -0.05) is 18.2 Å². The van der Waals surface area contributed by atoms with Gasteiger partial charge < -0.3 is 4.90 Å². The van der Waals surface area contributed by atoms with Gasteiger partial charge in [0.1, 0.15) is 5.69 Å². The molecular formula is C15H20Cl2N4O. The molecule has 0 atom stereocenters. The van der Waals surface area contributed by atoms with Crippen LogP contribution in [0.25, 0.3) is 0 Å². The lowest BCUT2D eigenvalue weighted by Crippen LogP contribution is -2.37. The minimum absolute atomic E-state index is 0. The molecule has 2 aromatic rings. The summed E-state index contributed by atoms with van der Waals surface area (Å²) in [6.45, 7) is 0.562. The van der Waals surface area contributed by atoms with Gasteiger partial charge in [-0.15, -0.1) is 24.8 Å². The van der Waals surface area contributed by atoms with Crippen LogP contribution < -0.4 is 15.8 Å². The van der Waals surface area contributed by atoms with Crippen LogP contribution in [0.5, 0.6) is 0 Å². The average Bonchev–Trinajstić information content (AvgIpc) is 2.48. The molecule has 2 N–H and O–H groups in total. The normalized spacial score (nSPS) is 9.18. The first kappa shape index (κ1) is 20.2. The SMILES string of the molecule is CN(C)c1ccc(CNNC(=O)c2ccccn2)cc1.Cl.Cl. The molecule has 120 valence electrons. The average molecular weight is 343 g/mol. The van der Waals surface area contributed by atoms with Crippen molar-refractivity contribution in [2.45, 2.75) is 6.54 Å². The highest BCUT2D eigenvalue weighted by molar-refractivity contribution is 5.91. The number of benzene rings is 1. The van der Waals surface area contributed by atoms with Crippen LogP contribution in [0.2, 0.25) is 0 Å². The topological polar surface area (TPSA) is 57.3 Å². The fourth-order valence-corrected chi connectivity index (χ4v) is 1.70. The first-order valence-corrected chi connectivity index (χ1v) is 6.37. The molecule has 5 nitrogen and oxygen atoms in total. The highest BCUT2D eigenvalue weighted by Crippen LogP contribution is 2.11. The standard InChI is InChI=1S/C15H18N4O.2ClH/c1-19(2)13-8-6-12(7-9-13)11-17-18-15(20)14-5-3-4-10-16-14;;/h3-10,17H,11H2,1-2H3,(H,18,20);2*1H. The molecule has 0 radical (unpaired) electrons. The summed E-state index contributed by atoms with van der Waals surface area (Å²) in [5.74, 6) is -0.240. The molecule has 0 saturated heterocycles. The molecule has 1 aromatic heterocycles. The molecule has 0 saturated carbocycles. The van der Waals surface area contributed by atoms with E-state index >= 15 is 0 Å². The Balaban J connectivity index is 0.00000220. The smallest absolute Gasteiger partial charge is 0.283 e. The molecule has 0 fully saturated rings. The Morgan fingerprint density at radius 2 is 1.77 bits per heavy atom. The Morgan fingerprint density at radius 1 is 1.09 bits per heavy atom. The van der Waals surface area contributed by atoms with E-state index in [0.29, 0.717) is 12.2 Å². The van der Waals surface area contributed by atoms with Crippen molar-refractivity contribution in [2.75, 3.05) is 19.0 Å². The number of hydrogen-bond acceptors (Lipinski definition) is 4. The van der Waals surface area contributed by atoms with E-state index in [0.717, 1.165) is 11.3 Å². The van der Waals surface area contributed by atoms with Gasteiger partial charge in [0.2, 0.25) is 0 Å². The maximum absolute atomic E-state index is 11.7. The van der Waals surface area contributed by atoms with Crippen molar-refractivity contribution in [1.82, 2.24) is 15.8 Å². The molecular weight excluding hydrogens is 323 g/mol. The second-order valence-corrected chi connectivity index (χ2v) is 4.58. The van der Waals surface area contributed by atoms with E-state index in [1.165, 1.54) is 0 Å². The molecule has 0 spiro atoms. The summed E-state index contributed by atoms with van der Waals surface area (Å²) in [7, 11) is 4.00. The van der Waals surface area contributed by atoms with Gasteiger partial charge in [-0.2, -0.15) is 0 Å². The number of hydrazine groups is 1. The molecule has 1 amide bonds. The summed E-state index contributed by atoms with van der Waals surface area (Å²) in [6.07, 6.45) is 1.59. The zero-order chi connectivity index (χ0) is 14.4. The van der Waals surface area contributed by atoms with E-state index in [9.17, 15) is 4.79 Å². The van der Waals surface area contributed by atoms with Gasteiger partial charge in [0.25, 0.3) is 5.91 Å². The van der Waals surface area contributed by atoms with Gasteiger partial charge in [-0.25, -0.2) is 5.43 Å². The minimum Gasteiger partial charge on any atom is -0.378 e. The molecule has 7 heteroatoms. The van der Waals surface area contributed by atoms with Gasteiger partial charge >= 0.3 is 0 Å². The highest BCUT2D eigenvalue weighted by atomic mass is 35.5. The van der Waals surface area contributed by atoms with Gasteiger partial charge in [0.15, 0.2) is 0 Å². The molecule has 1 aromatic carbocycles. The largest absolute Gasteiger partial charge is 0.378 e. The number of pyridine rings is 1. The van der Waals surface area contributed by atoms with Crippen molar-refractivity contribution in [3.05, 3.63) is 59.9 Å². The van der Waals surface area contributed by atoms with E-state index < -0.39 is 0 Å². The van der Waals surface area contributed by atoms with Crippen LogP contribution in [-0.4, -0.2) is 25.0 Å². The summed E-state index contributed by atoms with van der Waals surface area (Å²) in [5, 5.41) is 0. The number of nitrogens with zero attached hydrogens (tertiary/aromatic N) is 2. The summed E-state index contributed by atoms with van der Waals surface area (Å²) in [6, 6.07) is 13.3. The van der Waals surface area contributed by atoms with Gasteiger partial charge in [-0.3, -0.25) is 15.2 Å². The van der Waals surface area contributed by atoms with Crippen molar-refractivity contribution < 1.29 is 4.79 Å². The number of anilines is 1. The summed E-state index contributed by atoms with van der Waals surface area (Å²) < 4.78 is 0. The Bertz CT molecular complexity index is 562. The number of carbonyl (C=O) groups excluding carboxylic acids is 1. The first-order chi connectivity index (χ1) is 9.66. The number of rotatable bonds is 5. The highest BCUT2D eigenvalue weighted by Gasteiger charge is 2.04. The van der Waals surface area contributed by atoms with Crippen LogP contribution in [0.15, 0.2) is 48.7 Å². The monoisotopic (exact) mass is 342 g/mol. The summed E-state index contributed by atoms with van der Waals surface area (Å²) in [5.41, 5.74) is 8.15. The Morgan fingerprint density at radius 3 is 2.32 bits per heavy atom. The number of aromatic nitrogens is 1.